The maximum Gasteiger partial charge on any atom is 0.157 e. The molecule has 0 N–H and O–H groups in total. The first-order valence-electron chi connectivity index (χ1n) is 1.99. The molecule has 0 aliphatic carbocycles. The number of aromatic nitrogens is 2. The monoisotopic (exact) mass is 97.0 g/mol. The van der Waals surface area contributed by atoms with Gasteiger partial charge in [0.1, 0.15) is 0 Å². The molecule has 0 atom stereocenters. The van der Waals surface area contributed by atoms with Gasteiger partial charge in [-0.2, -0.15) is 0 Å². The Morgan fingerprint density at radius 3 is 3.00 bits per heavy atom. The molecule has 0 unspecified atom stereocenters. The van der Waals surface area contributed by atoms with E-state index in [9.17, 15) is 0 Å². The summed E-state index contributed by atoms with van der Waals surface area (Å²) in [5, 5.41) is 6.66. The molecular formula is C4H5N2O. The van der Waals surface area contributed by atoms with Crippen LogP contribution in [0.1, 0.15) is 5.76 Å². The van der Waals surface area contributed by atoms with Crippen LogP contribution in [0.3, 0.4) is 0 Å². The van der Waals surface area contributed by atoms with E-state index in [0.717, 1.165) is 5.76 Å². The molecule has 1 rings (SSSR count). The standard InChI is InChI=1S/C4H5N2O/c1-2-4-3-5-6-7-4/h3H,1-2H2. The maximum absolute atomic E-state index is 4.56. The lowest BCUT2D eigenvalue weighted by molar-refractivity contribution is 0.368. The average molecular weight is 97.1 g/mol. The first-order chi connectivity index (χ1) is 3.43. The van der Waals surface area contributed by atoms with Crippen molar-refractivity contribution in [2.24, 2.45) is 0 Å². The zero-order chi connectivity index (χ0) is 5.11. The summed E-state index contributed by atoms with van der Waals surface area (Å²) in [6.45, 7) is 3.55. The molecule has 3 nitrogen and oxygen atoms in total. The van der Waals surface area contributed by atoms with Gasteiger partial charge in [0.25, 0.3) is 0 Å². The van der Waals surface area contributed by atoms with E-state index in [1.54, 1.807) is 6.20 Å². The largest absolute Gasteiger partial charge is 0.342 e. The molecule has 0 aliphatic heterocycles. The van der Waals surface area contributed by atoms with Crippen molar-refractivity contribution in [3.63, 3.8) is 0 Å². The molecule has 3 heteroatoms. The van der Waals surface area contributed by atoms with Gasteiger partial charge in [0.2, 0.25) is 0 Å². The van der Waals surface area contributed by atoms with E-state index in [1.807, 2.05) is 0 Å². The molecule has 1 radical (unpaired) electrons. The van der Waals surface area contributed by atoms with E-state index in [-0.39, 0.29) is 0 Å². The zero-order valence-electron chi connectivity index (χ0n) is 3.79. The van der Waals surface area contributed by atoms with E-state index in [1.165, 1.54) is 0 Å². The second-order valence-corrected chi connectivity index (χ2v) is 1.13. The van der Waals surface area contributed by atoms with Gasteiger partial charge in [-0.05, 0) is 6.92 Å². The van der Waals surface area contributed by atoms with Crippen molar-refractivity contribution in [1.29, 1.82) is 0 Å². The van der Waals surface area contributed by atoms with Gasteiger partial charge in [-0.15, -0.1) is 5.10 Å². The van der Waals surface area contributed by atoms with Gasteiger partial charge in [0.15, 0.2) is 5.76 Å². The summed E-state index contributed by atoms with van der Waals surface area (Å²) in [5.41, 5.74) is 0. The summed E-state index contributed by atoms with van der Waals surface area (Å²) in [6.07, 6.45) is 2.17. The van der Waals surface area contributed by atoms with Crippen molar-refractivity contribution in [3.05, 3.63) is 18.9 Å². The highest BCUT2D eigenvalue weighted by molar-refractivity contribution is 4.85. The van der Waals surface area contributed by atoms with Crippen molar-refractivity contribution < 1.29 is 4.52 Å². The molecule has 0 fully saturated rings. The van der Waals surface area contributed by atoms with Gasteiger partial charge >= 0.3 is 0 Å². The highest BCUT2D eigenvalue weighted by Gasteiger charge is 1.88. The number of nitrogens with zero attached hydrogens (tertiary/aromatic N) is 2. The van der Waals surface area contributed by atoms with Crippen LogP contribution in [0, 0.1) is 6.92 Å². The second-order valence-electron chi connectivity index (χ2n) is 1.13. The molecule has 7 heavy (non-hydrogen) atoms. The van der Waals surface area contributed by atoms with Crippen LogP contribution in [0.5, 0.6) is 0 Å². The maximum atomic E-state index is 4.56. The van der Waals surface area contributed by atoms with E-state index in [2.05, 4.69) is 21.8 Å². The first-order valence-corrected chi connectivity index (χ1v) is 1.99. The van der Waals surface area contributed by atoms with E-state index < -0.39 is 0 Å². The van der Waals surface area contributed by atoms with Crippen LogP contribution in [-0.4, -0.2) is 10.4 Å². The molecule has 1 heterocycles. The van der Waals surface area contributed by atoms with Crippen LogP contribution in [-0.2, 0) is 6.42 Å². The lowest BCUT2D eigenvalue weighted by Gasteiger charge is -1.73. The molecular weight excluding hydrogens is 92.1 g/mol. The van der Waals surface area contributed by atoms with E-state index in [4.69, 9.17) is 0 Å². The summed E-state index contributed by atoms with van der Waals surface area (Å²) < 4.78 is 4.56. The third-order valence-corrected chi connectivity index (χ3v) is 0.653. The van der Waals surface area contributed by atoms with Crippen LogP contribution in [0.15, 0.2) is 10.7 Å². The van der Waals surface area contributed by atoms with Crippen molar-refractivity contribution >= 4 is 0 Å². The summed E-state index contributed by atoms with van der Waals surface area (Å²) >= 11 is 0. The Kier molecular flexibility index (Phi) is 1.06. The zero-order valence-corrected chi connectivity index (χ0v) is 3.79. The highest BCUT2D eigenvalue weighted by Crippen LogP contribution is 1.90. The summed E-state index contributed by atoms with van der Waals surface area (Å²) in [6, 6.07) is 0. The van der Waals surface area contributed by atoms with Crippen molar-refractivity contribution in [3.8, 4) is 0 Å². The van der Waals surface area contributed by atoms with Crippen molar-refractivity contribution in [2.45, 2.75) is 6.42 Å². The Morgan fingerprint density at radius 1 is 1.86 bits per heavy atom. The van der Waals surface area contributed by atoms with Gasteiger partial charge in [0.05, 0.1) is 6.20 Å². The lowest BCUT2D eigenvalue weighted by atomic mass is 10.4. The average Bonchev–Trinajstić information content (AvgIpc) is 2.14. The lowest BCUT2D eigenvalue weighted by Crippen LogP contribution is -1.68. The highest BCUT2D eigenvalue weighted by atomic mass is 16.5. The number of hydrogen-bond donors (Lipinski definition) is 0. The second kappa shape index (κ2) is 1.73. The van der Waals surface area contributed by atoms with E-state index >= 15 is 0 Å². The molecule has 37 valence electrons. The van der Waals surface area contributed by atoms with Crippen LogP contribution < -0.4 is 0 Å². The fourth-order valence-corrected chi connectivity index (χ4v) is 0.298. The molecule has 0 aliphatic rings. The molecule has 0 aromatic carbocycles. The molecule has 0 amide bonds. The summed E-state index contributed by atoms with van der Waals surface area (Å²) in [5.74, 6) is 0.722. The van der Waals surface area contributed by atoms with Gasteiger partial charge in [-0.1, -0.05) is 0 Å². The van der Waals surface area contributed by atoms with Gasteiger partial charge < -0.3 is 4.52 Å². The minimum Gasteiger partial charge on any atom is -0.342 e. The Balaban J connectivity index is 2.76. The smallest absolute Gasteiger partial charge is 0.157 e. The number of rotatable bonds is 1. The van der Waals surface area contributed by atoms with Crippen LogP contribution in [0.4, 0.5) is 0 Å². The normalized spacial score (nSPS) is 9.29. The molecule has 0 bridgehead atoms. The van der Waals surface area contributed by atoms with Crippen LogP contribution in [0.25, 0.3) is 0 Å². The SMILES string of the molecule is [CH2]Cc1cnno1. The van der Waals surface area contributed by atoms with E-state index in [0.29, 0.717) is 6.42 Å². The molecule has 1 aromatic rings. The fraction of sp³-hybridized carbons (Fsp3) is 0.250. The molecule has 0 spiro atoms. The van der Waals surface area contributed by atoms with Gasteiger partial charge in [-0.25, -0.2) is 0 Å². The number of hydrogen-bond acceptors (Lipinski definition) is 3. The predicted molar refractivity (Wildman–Crippen MR) is 23.4 cm³/mol. The summed E-state index contributed by atoms with van der Waals surface area (Å²) in [4.78, 5) is 0. The Hall–Kier alpha value is -0.860. The molecule has 1 aromatic heterocycles. The quantitative estimate of drug-likeness (QED) is 0.510. The van der Waals surface area contributed by atoms with Gasteiger partial charge in [-0.3, -0.25) is 0 Å². The minimum absolute atomic E-state index is 0.618. The topological polar surface area (TPSA) is 38.9 Å². The van der Waals surface area contributed by atoms with Gasteiger partial charge in [0, 0.05) is 11.7 Å². The minimum atomic E-state index is 0.618. The van der Waals surface area contributed by atoms with Crippen LogP contribution in [0.2, 0.25) is 0 Å². The Bertz CT molecular complexity index is 124. The third-order valence-electron chi connectivity index (χ3n) is 0.653. The van der Waals surface area contributed by atoms with Crippen LogP contribution >= 0.6 is 0 Å². The first kappa shape index (κ1) is 4.30. The fourth-order valence-electron chi connectivity index (χ4n) is 0.298. The Morgan fingerprint density at radius 2 is 2.71 bits per heavy atom. The summed E-state index contributed by atoms with van der Waals surface area (Å²) in [7, 11) is 0. The van der Waals surface area contributed by atoms with Crippen molar-refractivity contribution in [1.82, 2.24) is 10.4 Å². The third kappa shape index (κ3) is 0.765. The Labute approximate surface area is 41.3 Å². The van der Waals surface area contributed by atoms with Crippen molar-refractivity contribution in [2.75, 3.05) is 0 Å². The molecule has 0 saturated carbocycles. The predicted octanol–water partition coefficient (Wildman–Crippen LogP) is 0.446. The molecule has 0 saturated heterocycles.